The molecule has 0 fully saturated rings. The third-order valence-electron chi connectivity index (χ3n) is 3.37. The number of halogens is 1. The molecule has 3 rings (SSSR count). The minimum atomic E-state index is -0.166. The Bertz CT molecular complexity index is 771. The summed E-state index contributed by atoms with van der Waals surface area (Å²) in [4.78, 5) is 4.51. The number of nitrogen functional groups attached to an aromatic ring is 1. The largest absolute Gasteiger partial charge is 0.399 e. The van der Waals surface area contributed by atoms with Crippen molar-refractivity contribution in [2.45, 2.75) is 6.42 Å². The van der Waals surface area contributed by atoms with E-state index < -0.39 is 0 Å². The van der Waals surface area contributed by atoms with E-state index in [4.69, 9.17) is 5.73 Å². The van der Waals surface area contributed by atoms with Gasteiger partial charge in [-0.15, -0.1) is 0 Å². The van der Waals surface area contributed by atoms with Crippen LogP contribution in [0.2, 0.25) is 0 Å². The predicted octanol–water partition coefficient (Wildman–Crippen LogP) is 3.61. The molecule has 4 heteroatoms. The molecule has 21 heavy (non-hydrogen) atoms. The number of benzene rings is 2. The summed E-state index contributed by atoms with van der Waals surface area (Å²) in [6.45, 7) is 0.633. The standard InChI is InChI=1S/C17H16FN3/c18-15-4-2-1-3-12(15)9-10-20-17-8-5-13-11-14(19)6-7-16(13)21-17/h1-8,11H,9-10,19H2,(H,20,21). The number of nitrogens with one attached hydrogen (secondary N) is 1. The number of hydrogen-bond donors (Lipinski definition) is 2. The van der Waals surface area contributed by atoms with Crippen molar-refractivity contribution in [3.05, 3.63) is 66.0 Å². The molecule has 0 saturated heterocycles. The summed E-state index contributed by atoms with van der Waals surface area (Å²) in [5.74, 6) is 0.616. The predicted molar refractivity (Wildman–Crippen MR) is 84.7 cm³/mol. The third-order valence-corrected chi connectivity index (χ3v) is 3.37. The monoisotopic (exact) mass is 281 g/mol. The van der Waals surface area contributed by atoms with Crippen LogP contribution >= 0.6 is 0 Å². The van der Waals surface area contributed by atoms with Crippen molar-refractivity contribution in [3.8, 4) is 0 Å². The smallest absolute Gasteiger partial charge is 0.126 e. The summed E-state index contributed by atoms with van der Waals surface area (Å²) in [5, 5.41) is 4.23. The number of rotatable bonds is 4. The molecule has 2 aromatic carbocycles. The van der Waals surface area contributed by atoms with Gasteiger partial charge >= 0.3 is 0 Å². The van der Waals surface area contributed by atoms with Crippen molar-refractivity contribution < 1.29 is 4.39 Å². The van der Waals surface area contributed by atoms with E-state index in [9.17, 15) is 4.39 Å². The van der Waals surface area contributed by atoms with Crippen LogP contribution in [0.1, 0.15) is 5.56 Å². The molecule has 0 unspecified atom stereocenters. The first-order valence-corrected chi connectivity index (χ1v) is 6.86. The van der Waals surface area contributed by atoms with Gasteiger partial charge in [0.25, 0.3) is 0 Å². The van der Waals surface area contributed by atoms with Crippen LogP contribution in [0.15, 0.2) is 54.6 Å². The fourth-order valence-corrected chi connectivity index (χ4v) is 2.27. The summed E-state index contributed by atoms with van der Waals surface area (Å²) >= 11 is 0. The van der Waals surface area contributed by atoms with Gasteiger partial charge in [0.2, 0.25) is 0 Å². The van der Waals surface area contributed by atoms with Crippen molar-refractivity contribution in [1.82, 2.24) is 4.98 Å². The lowest BCUT2D eigenvalue weighted by Crippen LogP contribution is -2.07. The van der Waals surface area contributed by atoms with Crippen LogP contribution in [-0.2, 0) is 6.42 Å². The van der Waals surface area contributed by atoms with E-state index in [0.29, 0.717) is 18.5 Å². The summed E-state index contributed by atoms with van der Waals surface area (Å²) in [6.07, 6.45) is 0.619. The van der Waals surface area contributed by atoms with Gasteiger partial charge < -0.3 is 11.1 Å². The summed E-state index contributed by atoms with van der Waals surface area (Å²) < 4.78 is 13.5. The van der Waals surface area contributed by atoms with Crippen LogP contribution in [0.4, 0.5) is 15.9 Å². The molecule has 0 bridgehead atoms. The molecule has 3 N–H and O–H groups in total. The Labute approximate surface area is 122 Å². The molecule has 3 nitrogen and oxygen atoms in total. The quantitative estimate of drug-likeness (QED) is 0.718. The fourth-order valence-electron chi connectivity index (χ4n) is 2.27. The number of pyridine rings is 1. The molecule has 106 valence electrons. The van der Waals surface area contributed by atoms with Gasteiger partial charge in [-0.25, -0.2) is 9.37 Å². The third kappa shape index (κ3) is 3.11. The Morgan fingerprint density at radius 1 is 1.05 bits per heavy atom. The molecular formula is C17H16FN3. The number of anilines is 2. The van der Waals surface area contributed by atoms with Gasteiger partial charge in [0.05, 0.1) is 5.52 Å². The number of aromatic nitrogens is 1. The lowest BCUT2D eigenvalue weighted by Gasteiger charge is -2.07. The summed E-state index contributed by atoms with van der Waals surface area (Å²) in [6, 6.07) is 16.3. The van der Waals surface area contributed by atoms with Crippen molar-refractivity contribution in [3.63, 3.8) is 0 Å². The molecule has 0 aliphatic heterocycles. The van der Waals surface area contributed by atoms with Crippen molar-refractivity contribution >= 4 is 22.4 Å². The molecule has 0 amide bonds. The number of nitrogens with zero attached hydrogens (tertiary/aromatic N) is 1. The van der Waals surface area contributed by atoms with Gasteiger partial charge in [0.1, 0.15) is 11.6 Å². The van der Waals surface area contributed by atoms with Crippen molar-refractivity contribution in [1.29, 1.82) is 0 Å². The maximum absolute atomic E-state index is 13.5. The van der Waals surface area contributed by atoms with Gasteiger partial charge in [-0.2, -0.15) is 0 Å². The average molecular weight is 281 g/mol. The van der Waals surface area contributed by atoms with Gasteiger partial charge in [-0.1, -0.05) is 18.2 Å². The molecule has 0 aliphatic rings. The van der Waals surface area contributed by atoms with E-state index in [0.717, 1.165) is 22.4 Å². The van der Waals surface area contributed by atoms with E-state index in [2.05, 4.69) is 10.3 Å². The molecule has 0 spiro atoms. The van der Waals surface area contributed by atoms with E-state index in [1.165, 1.54) is 6.07 Å². The SMILES string of the molecule is Nc1ccc2nc(NCCc3ccccc3F)ccc2c1. The second-order valence-electron chi connectivity index (χ2n) is 4.92. The molecule has 1 aromatic heterocycles. The number of hydrogen-bond acceptors (Lipinski definition) is 3. The van der Waals surface area contributed by atoms with Crippen molar-refractivity contribution in [2.75, 3.05) is 17.6 Å². The fraction of sp³-hybridized carbons (Fsp3) is 0.118. The minimum Gasteiger partial charge on any atom is -0.399 e. The van der Waals surface area contributed by atoms with Crippen LogP contribution in [0, 0.1) is 5.82 Å². The lowest BCUT2D eigenvalue weighted by atomic mass is 10.1. The maximum Gasteiger partial charge on any atom is 0.126 e. The normalized spacial score (nSPS) is 10.7. The first kappa shape index (κ1) is 13.4. The van der Waals surface area contributed by atoms with Gasteiger partial charge in [0, 0.05) is 17.6 Å². The molecule has 0 radical (unpaired) electrons. The number of nitrogens with two attached hydrogens (primary N) is 1. The first-order valence-electron chi connectivity index (χ1n) is 6.86. The summed E-state index contributed by atoms with van der Waals surface area (Å²) in [7, 11) is 0. The van der Waals surface area contributed by atoms with Crippen LogP contribution in [0.25, 0.3) is 10.9 Å². The van der Waals surface area contributed by atoms with Crippen LogP contribution in [0.5, 0.6) is 0 Å². The average Bonchev–Trinajstić information content (AvgIpc) is 2.49. The highest BCUT2D eigenvalue weighted by Gasteiger charge is 2.02. The second kappa shape index (κ2) is 5.79. The molecule has 3 aromatic rings. The Hall–Kier alpha value is -2.62. The molecular weight excluding hydrogens is 265 g/mol. The zero-order chi connectivity index (χ0) is 14.7. The van der Waals surface area contributed by atoms with Crippen LogP contribution < -0.4 is 11.1 Å². The molecule has 0 saturated carbocycles. The summed E-state index contributed by atoms with van der Waals surface area (Å²) in [5.41, 5.74) is 8.06. The number of fused-ring (bicyclic) bond motifs is 1. The van der Waals surface area contributed by atoms with E-state index in [1.54, 1.807) is 12.1 Å². The van der Waals surface area contributed by atoms with Crippen LogP contribution in [0.3, 0.4) is 0 Å². The Balaban J connectivity index is 1.68. The maximum atomic E-state index is 13.5. The highest BCUT2D eigenvalue weighted by atomic mass is 19.1. The Morgan fingerprint density at radius 3 is 2.76 bits per heavy atom. The van der Waals surface area contributed by atoms with E-state index in [-0.39, 0.29) is 5.82 Å². The van der Waals surface area contributed by atoms with E-state index >= 15 is 0 Å². The Morgan fingerprint density at radius 2 is 1.90 bits per heavy atom. The van der Waals surface area contributed by atoms with Gasteiger partial charge in [-0.3, -0.25) is 0 Å². The van der Waals surface area contributed by atoms with Gasteiger partial charge in [-0.05, 0) is 48.4 Å². The first-order chi connectivity index (χ1) is 10.2. The van der Waals surface area contributed by atoms with Crippen LogP contribution in [-0.4, -0.2) is 11.5 Å². The zero-order valence-corrected chi connectivity index (χ0v) is 11.5. The topological polar surface area (TPSA) is 50.9 Å². The minimum absolute atomic E-state index is 0.166. The highest BCUT2D eigenvalue weighted by molar-refractivity contribution is 5.83. The van der Waals surface area contributed by atoms with Crippen molar-refractivity contribution in [2.24, 2.45) is 0 Å². The zero-order valence-electron chi connectivity index (χ0n) is 11.5. The lowest BCUT2D eigenvalue weighted by molar-refractivity contribution is 0.610. The highest BCUT2D eigenvalue weighted by Crippen LogP contribution is 2.18. The van der Waals surface area contributed by atoms with E-state index in [1.807, 2.05) is 36.4 Å². The molecule has 0 atom stereocenters. The second-order valence-corrected chi connectivity index (χ2v) is 4.92. The molecule has 1 heterocycles. The molecule has 0 aliphatic carbocycles. The Kier molecular flexibility index (Phi) is 3.69. The van der Waals surface area contributed by atoms with Gasteiger partial charge in [0.15, 0.2) is 0 Å².